The predicted molar refractivity (Wildman–Crippen MR) is 91.4 cm³/mol. The zero-order valence-corrected chi connectivity index (χ0v) is 13.2. The first-order valence-electron chi connectivity index (χ1n) is 7.84. The Morgan fingerprint density at radius 3 is 2.68 bits per heavy atom. The maximum absolute atomic E-state index is 12.4. The van der Waals surface area contributed by atoms with Crippen molar-refractivity contribution in [3.8, 4) is 0 Å². The van der Waals surface area contributed by atoms with Crippen molar-refractivity contribution in [2.24, 2.45) is 0 Å². The van der Waals surface area contributed by atoms with Crippen LogP contribution in [0.2, 0.25) is 0 Å². The Morgan fingerprint density at radius 2 is 1.91 bits per heavy atom. The number of carbonyl (C=O) groups excluding carboxylic acids is 1. The van der Waals surface area contributed by atoms with Crippen LogP contribution in [0, 0.1) is 6.92 Å². The van der Waals surface area contributed by atoms with Gasteiger partial charge in [-0.05, 0) is 50.5 Å². The first kappa shape index (κ1) is 14.6. The van der Waals surface area contributed by atoms with Crippen LogP contribution in [0.5, 0.6) is 0 Å². The minimum Gasteiger partial charge on any atom is -0.359 e. The smallest absolute Gasteiger partial charge is 0.243 e. The standard InChI is InChI=1S/C19H22N2O/c1-14-7-11-17(12-8-14)20-19(22)13-21-15(2)9-10-16-5-3-4-6-18(16)21/h3-8,11-12,15H,9-10,13H2,1-2H3,(H,20,22)/t15-/m0/s1. The largest absolute Gasteiger partial charge is 0.359 e. The fraction of sp³-hybridized carbons (Fsp3) is 0.316. The molecule has 0 saturated heterocycles. The van der Waals surface area contributed by atoms with E-state index in [0.717, 1.165) is 18.5 Å². The molecule has 114 valence electrons. The third kappa shape index (κ3) is 3.14. The molecule has 22 heavy (non-hydrogen) atoms. The first-order valence-corrected chi connectivity index (χ1v) is 7.84. The second-order valence-electron chi connectivity index (χ2n) is 6.06. The minimum atomic E-state index is 0.0346. The van der Waals surface area contributed by atoms with Crippen molar-refractivity contribution in [3.63, 3.8) is 0 Å². The number of fused-ring (bicyclic) bond motifs is 1. The lowest BCUT2D eigenvalue weighted by atomic mass is 9.96. The van der Waals surface area contributed by atoms with Crippen molar-refractivity contribution in [2.45, 2.75) is 32.7 Å². The van der Waals surface area contributed by atoms with Gasteiger partial charge in [0.05, 0.1) is 6.54 Å². The Labute approximate surface area is 132 Å². The number of aryl methyl sites for hydroxylation is 2. The van der Waals surface area contributed by atoms with E-state index in [2.05, 4.69) is 35.3 Å². The summed E-state index contributed by atoms with van der Waals surface area (Å²) in [5.41, 5.74) is 4.58. The number of carbonyl (C=O) groups is 1. The Kier molecular flexibility index (Phi) is 4.14. The molecule has 0 saturated carbocycles. The fourth-order valence-corrected chi connectivity index (χ4v) is 2.99. The third-order valence-electron chi connectivity index (χ3n) is 4.31. The molecule has 1 aliphatic rings. The van der Waals surface area contributed by atoms with Crippen LogP contribution in [0.4, 0.5) is 11.4 Å². The molecular formula is C19H22N2O. The van der Waals surface area contributed by atoms with Crippen LogP contribution in [0.1, 0.15) is 24.5 Å². The lowest BCUT2D eigenvalue weighted by Crippen LogP contribution is -2.42. The highest BCUT2D eigenvalue weighted by atomic mass is 16.2. The Hall–Kier alpha value is -2.29. The van der Waals surface area contributed by atoms with Crippen LogP contribution in [0.25, 0.3) is 0 Å². The molecular weight excluding hydrogens is 272 g/mol. The van der Waals surface area contributed by atoms with E-state index in [9.17, 15) is 4.79 Å². The van der Waals surface area contributed by atoms with E-state index >= 15 is 0 Å². The molecule has 3 heteroatoms. The molecule has 0 fully saturated rings. The van der Waals surface area contributed by atoms with Crippen LogP contribution in [0.3, 0.4) is 0 Å². The van der Waals surface area contributed by atoms with Gasteiger partial charge in [-0.2, -0.15) is 0 Å². The average molecular weight is 294 g/mol. The zero-order valence-electron chi connectivity index (χ0n) is 13.2. The van der Waals surface area contributed by atoms with Crippen LogP contribution in [-0.2, 0) is 11.2 Å². The van der Waals surface area contributed by atoms with Crippen LogP contribution < -0.4 is 10.2 Å². The Morgan fingerprint density at radius 1 is 1.18 bits per heavy atom. The van der Waals surface area contributed by atoms with Gasteiger partial charge in [0.2, 0.25) is 5.91 Å². The summed E-state index contributed by atoms with van der Waals surface area (Å²) in [5.74, 6) is 0.0346. The molecule has 2 aromatic rings. The van der Waals surface area contributed by atoms with Gasteiger partial charge >= 0.3 is 0 Å². The molecule has 0 aliphatic carbocycles. The maximum Gasteiger partial charge on any atom is 0.243 e. The summed E-state index contributed by atoms with van der Waals surface area (Å²) in [7, 11) is 0. The molecule has 0 bridgehead atoms. The van der Waals surface area contributed by atoms with E-state index in [-0.39, 0.29) is 5.91 Å². The monoisotopic (exact) mass is 294 g/mol. The number of anilines is 2. The maximum atomic E-state index is 12.4. The lowest BCUT2D eigenvalue weighted by Gasteiger charge is -2.36. The van der Waals surface area contributed by atoms with E-state index in [4.69, 9.17) is 0 Å². The summed E-state index contributed by atoms with van der Waals surface area (Å²) in [6.07, 6.45) is 2.18. The molecule has 1 N–H and O–H groups in total. The highest BCUT2D eigenvalue weighted by Gasteiger charge is 2.24. The molecule has 1 atom stereocenters. The van der Waals surface area contributed by atoms with Crippen molar-refractivity contribution in [2.75, 3.05) is 16.8 Å². The molecule has 2 aromatic carbocycles. The normalized spacial score (nSPS) is 17.0. The highest BCUT2D eigenvalue weighted by molar-refractivity contribution is 5.94. The van der Waals surface area contributed by atoms with Gasteiger partial charge in [0, 0.05) is 17.4 Å². The summed E-state index contributed by atoms with van der Waals surface area (Å²) in [4.78, 5) is 14.6. The molecule has 0 aromatic heterocycles. The van der Waals surface area contributed by atoms with Gasteiger partial charge in [-0.15, -0.1) is 0 Å². The molecule has 0 spiro atoms. The SMILES string of the molecule is Cc1ccc(NC(=O)CN2c3ccccc3CC[C@@H]2C)cc1. The summed E-state index contributed by atoms with van der Waals surface area (Å²) in [5, 5.41) is 2.99. The van der Waals surface area contributed by atoms with Crippen molar-refractivity contribution in [1.82, 2.24) is 0 Å². The topological polar surface area (TPSA) is 32.3 Å². The number of hydrogen-bond acceptors (Lipinski definition) is 2. The molecule has 3 nitrogen and oxygen atoms in total. The molecule has 0 unspecified atom stereocenters. The van der Waals surface area contributed by atoms with Crippen LogP contribution in [-0.4, -0.2) is 18.5 Å². The third-order valence-corrected chi connectivity index (χ3v) is 4.31. The van der Waals surface area contributed by atoms with Gasteiger partial charge in [-0.25, -0.2) is 0 Å². The van der Waals surface area contributed by atoms with Crippen LogP contribution in [0.15, 0.2) is 48.5 Å². The van der Waals surface area contributed by atoms with Gasteiger partial charge in [0.25, 0.3) is 0 Å². The van der Waals surface area contributed by atoms with E-state index in [0.29, 0.717) is 12.6 Å². The number of hydrogen-bond donors (Lipinski definition) is 1. The second-order valence-corrected chi connectivity index (χ2v) is 6.06. The number of benzene rings is 2. The highest BCUT2D eigenvalue weighted by Crippen LogP contribution is 2.30. The summed E-state index contributed by atoms with van der Waals surface area (Å²) in [6, 6.07) is 16.7. The molecule has 1 amide bonds. The Balaban J connectivity index is 1.72. The lowest BCUT2D eigenvalue weighted by molar-refractivity contribution is -0.115. The number of rotatable bonds is 3. The number of para-hydroxylation sites is 1. The van der Waals surface area contributed by atoms with E-state index < -0.39 is 0 Å². The second kappa shape index (κ2) is 6.22. The molecule has 3 rings (SSSR count). The summed E-state index contributed by atoms with van der Waals surface area (Å²) >= 11 is 0. The fourth-order valence-electron chi connectivity index (χ4n) is 2.99. The van der Waals surface area contributed by atoms with Crippen molar-refractivity contribution < 1.29 is 4.79 Å². The summed E-state index contributed by atoms with van der Waals surface area (Å²) in [6.45, 7) is 4.62. The zero-order chi connectivity index (χ0) is 15.5. The Bertz CT molecular complexity index is 663. The molecule has 0 radical (unpaired) electrons. The minimum absolute atomic E-state index is 0.0346. The van der Waals surface area contributed by atoms with Gasteiger partial charge < -0.3 is 10.2 Å². The first-order chi connectivity index (χ1) is 10.6. The molecule has 1 aliphatic heterocycles. The van der Waals surface area contributed by atoms with Crippen molar-refractivity contribution >= 4 is 17.3 Å². The number of nitrogens with one attached hydrogen (secondary N) is 1. The van der Waals surface area contributed by atoms with Crippen molar-refractivity contribution in [3.05, 3.63) is 59.7 Å². The van der Waals surface area contributed by atoms with Gasteiger partial charge in [-0.3, -0.25) is 4.79 Å². The number of amides is 1. The van der Waals surface area contributed by atoms with Crippen LogP contribution >= 0.6 is 0 Å². The average Bonchev–Trinajstić information content (AvgIpc) is 2.52. The quantitative estimate of drug-likeness (QED) is 0.934. The van der Waals surface area contributed by atoms with E-state index in [1.54, 1.807) is 0 Å². The van der Waals surface area contributed by atoms with Gasteiger partial charge in [0.15, 0.2) is 0 Å². The predicted octanol–water partition coefficient (Wildman–Crippen LogP) is 3.77. The van der Waals surface area contributed by atoms with Gasteiger partial charge in [0.1, 0.15) is 0 Å². The number of nitrogens with zero attached hydrogens (tertiary/aromatic N) is 1. The van der Waals surface area contributed by atoms with E-state index in [1.807, 2.05) is 37.3 Å². The molecule has 1 heterocycles. The van der Waals surface area contributed by atoms with E-state index in [1.165, 1.54) is 16.8 Å². The van der Waals surface area contributed by atoms with Gasteiger partial charge in [-0.1, -0.05) is 35.9 Å². The van der Waals surface area contributed by atoms with Crippen molar-refractivity contribution in [1.29, 1.82) is 0 Å². The summed E-state index contributed by atoms with van der Waals surface area (Å²) < 4.78 is 0.